The van der Waals surface area contributed by atoms with E-state index in [0.29, 0.717) is 33.8 Å². The zero-order chi connectivity index (χ0) is 24.8. The monoisotopic (exact) mass is 548 g/mol. The second kappa shape index (κ2) is 11.8. The van der Waals surface area contributed by atoms with Crippen LogP contribution >= 0.6 is 27.7 Å². The normalized spacial score (nSPS) is 12.3. The first kappa shape index (κ1) is 26.2. The van der Waals surface area contributed by atoms with Crippen molar-refractivity contribution in [3.8, 4) is 5.75 Å². The molecule has 6 nitrogen and oxygen atoms in total. The molecule has 1 heterocycles. The summed E-state index contributed by atoms with van der Waals surface area (Å²) >= 11 is 4.47. The van der Waals surface area contributed by atoms with E-state index in [1.165, 1.54) is 29.5 Å². The number of rotatable bonds is 10. The third kappa shape index (κ3) is 7.06. The van der Waals surface area contributed by atoms with Gasteiger partial charge in [-0.15, -0.1) is 10.2 Å². The molecule has 0 bridgehead atoms. The number of nitrogens with zero attached hydrogens (tertiary/aromatic N) is 3. The predicted molar refractivity (Wildman–Crippen MR) is 138 cm³/mol. The van der Waals surface area contributed by atoms with Crippen LogP contribution in [0.2, 0.25) is 0 Å². The van der Waals surface area contributed by atoms with Gasteiger partial charge in [-0.2, -0.15) is 0 Å². The Morgan fingerprint density at radius 2 is 1.82 bits per heavy atom. The number of aromatic nitrogens is 3. The predicted octanol–water partition coefficient (Wildman–Crippen LogP) is 6.83. The highest BCUT2D eigenvalue weighted by Gasteiger charge is 2.21. The van der Waals surface area contributed by atoms with Crippen LogP contribution in [0, 0.1) is 11.7 Å². The zero-order valence-electron chi connectivity index (χ0n) is 20.0. The maximum absolute atomic E-state index is 14.0. The Hall–Kier alpha value is -2.39. The summed E-state index contributed by atoms with van der Waals surface area (Å²) in [5.41, 5.74) is 1.40. The Bertz CT molecular complexity index is 1120. The Morgan fingerprint density at radius 3 is 2.44 bits per heavy atom. The highest BCUT2D eigenvalue weighted by atomic mass is 79.9. The fourth-order valence-electron chi connectivity index (χ4n) is 3.34. The minimum Gasteiger partial charge on any atom is -0.483 e. The van der Waals surface area contributed by atoms with Gasteiger partial charge in [-0.1, -0.05) is 67.5 Å². The summed E-state index contributed by atoms with van der Waals surface area (Å²) in [5.74, 6) is 1.53. The molecule has 0 aliphatic carbocycles. The molecule has 1 N–H and O–H groups in total. The van der Waals surface area contributed by atoms with Crippen molar-refractivity contribution >= 4 is 39.3 Å². The molecule has 1 unspecified atom stereocenters. The lowest BCUT2D eigenvalue weighted by Gasteiger charge is -2.18. The number of ether oxygens (including phenoxy) is 1. The molecule has 0 saturated carbocycles. The van der Waals surface area contributed by atoms with Gasteiger partial charge < -0.3 is 14.6 Å². The molecule has 0 aliphatic heterocycles. The topological polar surface area (TPSA) is 69.0 Å². The van der Waals surface area contributed by atoms with Crippen molar-refractivity contribution in [2.75, 3.05) is 11.1 Å². The number of halogens is 2. The van der Waals surface area contributed by atoms with Crippen LogP contribution in [0.3, 0.4) is 0 Å². The Kier molecular flexibility index (Phi) is 9.13. The Morgan fingerprint density at radius 1 is 1.12 bits per heavy atom. The Labute approximate surface area is 212 Å². The van der Waals surface area contributed by atoms with E-state index in [1.807, 2.05) is 23.6 Å². The first-order valence-electron chi connectivity index (χ1n) is 11.2. The molecule has 0 aliphatic rings. The van der Waals surface area contributed by atoms with Gasteiger partial charge in [-0.3, -0.25) is 4.79 Å². The van der Waals surface area contributed by atoms with Gasteiger partial charge in [-0.05, 0) is 54.7 Å². The molecule has 0 fully saturated rings. The summed E-state index contributed by atoms with van der Waals surface area (Å²) in [4.78, 5) is 12.4. The molecule has 1 atom stereocenters. The zero-order valence-corrected chi connectivity index (χ0v) is 22.4. The van der Waals surface area contributed by atoms with Crippen molar-refractivity contribution in [1.29, 1.82) is 0 Å². The third-order valence-corrected chi connectivity index (χ3v) is 6.51. The lowest BCUT2D eigenvalue weighted by atomic mass is 10.0. The molecule has 9 heteroatoms. The highest BCUT2D eigenvalue weighted by molar-refractivity contribution is 9.10. The number of thioether (sulfide) groups is 1. The van der Waals surface area contributed by atoms with Crippen LogP contribution in [0.5, 0.6) is 5.75 Å². The highest BCUT2D eigenvalue weighted by Crippen LogP contribution is 2.27. The van der Waals surface area contributed by atoms with Gasteiger partial charge in [0.15, 0.2) is 17.1 Å². The van der Waals surface area contributed by atoms with Gasteiger partial charge in [-0.25, -0.2) is 4.39 Å². The lowest BCUT2D eigenvalue weighted by Crippen LogP contribution is -2.17. The Balaban J connectivity index is 1.69. The molecule has 1 aromatic heterocycles. The second-order valence-electron chi connectivity index (χ2n) is 8.79. The standard InChI is InChI=1S/C25H30BrFN4O2S/c1-15(2)13-31-24(17(5)33-20-9-6-18(7-10-20)16(3)4)29-30-25(31)34-14-23(32)28-22-11-8-19(26)12-21(22)27/h6-12,15-17H,13-14H2,1-5H3,(H,28,32). The fourth-order valence-corrected chi connectivity index (χ4v) is 4.43. The maximum Gasteiger partial charge on any atom is 0.234 e. The van der Waals surface area contributed by atoms with Crippen molar-refractivity contribution in [1.82, 2.24) is 14.8 Å². The molecule has 3 rings (SSSR count). The molecule has 3 aromatic rings. The van der Waals surface area contributed by atoms with Gasteiger partial charge in [0, 0.05) is 11.0 Å². The van der Waals surface area contributed by atoms with Crippen molar-refractivity contribution in [3.05, 3.63) is 64.1 Å². The summed E-state index contributed by atoms with van der Waals surface area (Å²) in [7, 11) is 0. The van der Waals surface area contributed by atoms with Crippen molar-refractivity contribution < 1.29 is 13.9 Å². The van der Waals surface area contributed by atoms with Crippen LogP contribution in [0.25, 0.3) is 0 Å². The fraction of sp³-hybridized carbons (Fsp3) is 0.400. The van der Waals surface area contributed by atoms with Gasteiger partial charge in [0.05, 0.1) is 11.4 Å². The van der Waals surface area contributed by atoms with E-state index >= 15 is 0 Å². The molecule has 1 amide bonds. The molecule has 0 radical (unpaired) electrons. The van der Waals surface area contributed by atoms with Gasteiger partial charge in [0.1, 0.15) is 11.6 Å². The third-order valence-electron chi connectivity index (χ3n) is 5.05. The summed E-state index contributed by atoms with van der Waals surface area (Å²) < 4.78 is 22.8. The van der Waals surface area contributed by atoms with E-state index in [-0.39, 0.29) is 23.5 Å². The molecular formula is C25H30BrFN4O2S. The summed E-state index contributed by atoms with van der Waals surface area (Å²) in [6.45, 7) is 11.2. The van der Waals surface area contributed by atoms with Crippen LogP contribution in [-0.2, 0) is 11.3 Å². The van der Waals surface area contributed by atoms with Gasteiger partial charge in [0.2, 0.25) is 5.91 Å². The number of carbonyl (C=O) groups excluding carboxylic acids is 1. The van der Waals surface area contributed by atoms with E-state index in [4.69, 9.17) is 4.74 Å². The first-order valence-corrected chi connectivity index (χ1v) is 13.0. The molecule has 0 spiro atoms. The largest absolute Gasteiger partial charge is 0.483 e. The molecular weight excluding hydrogens is 519 g/mol. The smallest absolute Gasteiger partial charge is 0.234 e. The van der Waals surface area contributed by atoms with Crippen LogP contribution < -0.4 is 10.1 Å². The van der Waals surface area contributed by atoms with Crippen molar-refractivity contribution in [3.63, 3.8) is 0 Å². The molecule has 182 valence electrons. The van der Waals surface area contributed by atoms with Crippen LogP contribution in [0.1, 0.15) is 58.0 Å². The second-order valence-corrected chi connectivity index (χ2v) is 10.6. The number of nitrogens with one attached hydrogen (secondary N) is 1. The van der Waals surface area contributed by atoms with E-state index in [0.717, 1.165) is 5.75 Å². The first-order chi connectivity index (χ1) is 16.1. The quantitative estimate of drug-likeness (QED) is 0.281. The van der Waals surface area contributed by atoms with E-state index in [1.54, 1.807) is 6.07 Å². The number of hydrogen-bond donors (Lipinski definition) is 1. The van der Waals surface area contributed by atoms with E-state index < -0.39 is 5.82 Å². The summed E-state index contributed by atoms with van der Waals surface area (Å²) in [6, 6.07) is 12.6. The van der Waals surface area contributed by atoms with Gasteiger partial charge >= 0.3 is 0 Å². The average Bonchev–Trinajstić information content (AvgIpc) is 3.16. The number of anilines is 1. The minimum atomic E-state index is -0.495. The van der Waals surface area contributed by atoms with Crippen LogP contribution in [0.15, 0.2) is 52.1 Å². The summed E-state index contributed by atoms with van der Waals surface area (Å²) in [6.07, 6.45) is -0.323. The van der Waals surface area contributed by atoms with Crippen LogP contribution in [0.4, 0.5) is 10.1 Å². The molecule has 34 heavy (non-hydrogen) atoms. The number of benzene rings is 2. The average molecular weight is 550 g/mol. The number of amides is 1. The number of carbonyl (C=O) groups is 1. The van der Waals surface area contributed by atoms with Crippen LogP contribution in [-0.4, -0.2) is 26.4 Å². The lowest BCUT2D eigenvalue weighted by molar-refractivity contribution is -0.113. The van der Waals surface area contributed by atoms with Crippen molar-refractivity contribution in [2.24, 2.45) is 5.92 Å². The van der Waals surface area contributed by atoms with Crippen molar-refractivity contribution in [2.45, 2.75) is 58.3 Å². The summed E-state index contributed by atoms with van der Waals surface area (Å²) in [5, 5.41) is 11.9. The van der Waals surface area contributed by atoms with E-state index in [2.05, 4.69) is 71.3 Å². The van der Waals surface area contributed by atoms with Gasteiger partial charge in [0.25, 0.3) is 0 Å². The number of hydrogen-bond acceptors (Lipinski definition) is 5. The SMILES string of the molecule is CC(C)Cn1c(SCC(=O)Nc2ccc(Br)cc2F)nnc1C(C)Oc1ccc(C(C)C)cc1. The maximum atomic E-state index is 14.0. The van der Waals surface area contributed by atoms with E-state index in [9.17, 15) is 9.18 Å². The molecule has 0 saturated heterocycles. The minimum absolute atomic E-state index is 0.0810. The molecule has 2 aromatic carbocycles.